The van der Waals surface area contributed by atoms with Crippen molar-refractivity contribution >= 4 is 0 Å². The Bertz CT molecular complexity index is 456. The van der Waals surface area contributed by atoms with Crippen LogP contribution < -0.4 is 0 Å². The van der Waals surface area contributed by atoms with Gasteiger partial charge in [-0.1, -0.05) is 43.7 Å². The first-order chi connectivity index (χ1) is 10.4. The molecule has 1 aliphatic heterocycles. The van der Waals surface area contributed by atoms with Crippen molar-refractivity contribution < 1.29 is 9.84 Å². The maximum Gasteiger partial charge on any atom is 0.0800 e. The first-order valence-corrected chi connectivity index (χ1v) is 8.67. The zero-order valence-electron chi connectivity index (χ0n) is 14.5. The van der Waals surface area contributed by atoms with Crippen molar-refractivity contribution in [3.8, 4) is 0 Å². The monoisotopic (exact) mass is 304 g/mol. The number of aliphatic hydroxyl groups excluding tert-OH is 1. The molecule has 0 unspecified atom stereocenters. The summed E-state index contributed by atoms with van der Waals surface area (Å²) in [4.78, 5) is 0. The van der Waals surface area contributed by atoms with E-state index in [1.807, 2.05) is 6.08 Å². The lowest BCUT2D eigenvalue weighted by Gasteiger charge is -2.40. The minimum atomic E-state index is 0.118. The number of hydrogen-bond acceptors (Lipinski definition) is 2. The first-order valence-electron chi connectivity index (χ1n) is 8.67. The number of aliphatic hydroxyl groups is 1. The Balaban J connectivity index is 1.87. The van der Waals surface area contributed by atoms with Gasteiger partial charge in [-0.15, -0.1) is 0 Å². The molecule has 2 nitrogen and oxygen atoms in total. The number of allylic oxidation sites excluding steroid dienone is 2. The smallest absolute Gasteiger partial charge is 0.0800 e. The summed E-state index contributed by atoms with van der Waals surface area (Å²) in [5, 5.41) is 8.94. The SMILES string of the molecule is C=C1CCCC(C)(C)[C@H]1CC/C(C)=C/[C@H]1C/C(=C/CO)CO1. The molecular formula is C20H32O2. The normalized spacial score (nSPS) is 31.0. The molecule has 2 aliphatic rings. The van der Waals surface area contributed by atoms with Crippen LogP contribution in [0.4, 0.5) is 0 Å². The zero-order valence-corrected chi connectivity index (χ0v) is 14.5. The molecule has 1 saturated heterocycles. The lowest BCUT2D eigenvalue weighted by Crippen LogP contribution is -2.29. The van der Waals surface area contributed by atoms with Crippen molar-refractivity contribution in [2.24, 2.45) is 11.3 Å². The quantitative estimate of drug-likeness (QED) is 0.739. The summed E-state index contributed by atoms with van der Waals surface area (Å²) in [7, 11) is 0. The first kappa shape index (κ1) is 17.5. The van der Waals surface area contributed by atoms with E-state index in [4.69, 9.17) is 9.84 Å². The van der Waals surface area contributed by atoms with Crippen LogP contribution in [0.25, 0.3) is 0 Å². The van der Waals surface area contributed by atoms with Gasteiger partial charge in [0.05, 0.1) is 19.3 Å². The average molecular weight is 304 g/mol. The minimum Gasteiger partial charge on any atom is -0.392 e. The molecule has 1 aliphatic carbocycles. The number of hydrogen-bond donors (Lipinski definition) is 1. The van der Waals surface area contributed by atoms with E-state index in [1.54, 1.807) is 0 Å². The Morgan fingerprint density at radius 3 is 2.91 bits per heavy atom. The molecule has 0 aromatic heterocycles. The third kappa shape index (κ3) is 4.57. The molecule has 2 heteroatoms. The van der Waals surface area contributed by atoms with Crippen LogP contribution in [-0.4, -0.2) is 24.4 Å². The van der Waals surface area contributed by atoms with Crippen LogP contribution in [0, 0.1) is 11.3 Å². The van der Waals surface area contributed by atoms with Gasteiger partial charge < -0.3 is 9.84 Å². The predicted octanol–water partition coefficient (Wildman–Crippen LogP) is 4.80. The molecule has 0 radical (unpaired) electrons. The van der Waals surface area contributed by atoms with Gasteiger partial charge in [0.2, 0.25) is 0 Å². The molecule has 0 bridgehead atoms. The molecule has 0 aromatic rings. The molecule has 2 rings (SSSR count). The van der Waals surface area contributed by atoms with E-state index in [0.29, 0.717) is 17.9 Å². The van der Waals surface area contributed by atoms with Crippen LogP contribution >= 0.6 is 0 Å². The van der Waals surface area contributed by atoms with E-state index >= 15 is 0 Å². The Morgan fingerprint density at radius 2 is 2.23 bits per heavy atom. The Labute approximate surface area is 136 Å². The van der Waals surface area contributed by atoms with Crippen LogP contribution in [0.3, 0.4) is 0 Å². The zero-order chi connectivity index (χ0) is 16.2. The van der Waals surface area contributed by atoms with Gasteiger partial charge in [0.15, 0.2) is 0 Å². The van der Waals surface area contributed by atoms with Gasteiger partial charge in [0.1, 0.15) is 0 Å². The molecule has 1 N–H and O–H groups in total. The number of ether oxygens (including phenoxy) is 1. The Morgan fingerprint density at radius 1 is 1.45 bits per heavy atom. The van der Waals surface area contributed by atoms with Crippen LogP contribution in [0.15, 0.2) is 35.5 Å². The van der Waals surface area contributed by atoms with Crippen LogP contribution in [0.5, 0.6) is 0 Å². The maximum atomic E-state index is 8.94. The van der Waals surface area contributed by atoms with Gasteiger partial charge in [-0.25, -0.2) is 0 Å². The highest BCUT2D eigenvalue weighted by Crippen LogP contribution is 2.45. The van der Waals surface area contributed by atoms with Crippen molar-refractivity contribution in [3.63, 3.8) is 0 Å². The molecule has 0 aromatic carbocycles. The Kier molecular flexibility index (Phi) is 6.05. The molecule has 2 atom stereocenters. The standard InChI is InChI=1S/C20H32O2/c1-15(12-18-13-17(9-11-21)14-22-18)7-8-19-16(2)6-5-10-20(19,3)4/h9,12,18-19,21H,2,5-8,10-11,13-14H2,1,3-4H3/b15-12+,17-9-/t18-,19-/m0/s1. The van der Waals surface area contributed by atoms with E-state index in [0.717, 1.165) is 12.8 Å². The highest BCUT2D eigenvalue weighted by atomic mass is 16.5. The van der Waals surface area contributed by atoms with Crippen molar-refractivity contribution in [1.29, 1.82) is 0 Å². The molecule has 124 valence electrons. The van der Waals surface area contributed by atoms with Crippen LogP contribution in [0.2, 0.25) is 0 Å². The molecule has 1 saturated carbocycles. The number of rotatable bonds is 5. The lowest BCUT2D eigenvalue weighted by atomic mass is 9.65. The summed E-state index contributed by atoms with van der Waals surface area (Å²) in [6.45, 7) is 12.1. The van der Waals surface area contributed by atoms with E-state index in [1.165, 1.54) is 42.4 Å². The van der Waals surface area contributed by atoms with Crippen LogP contribution in [0.1, 0.15) is 59.3 Å². The summed E-state index contributed by atoms with van der Waals surface area (Å²) in [5.74, 6) is 0.652. The second kappa shape index (κ2) is 7.61. The minimum absolute atomic E-state index is 0.118. The summed E-state index contributed by atoms with van der Waals surface area (Å²) in [6.07, 6.45) is 11.4. The lowest BCUT2D eigenvalue weighted by molar-refractivity contribution is 0.148. The average Bonchev–Trinajstić information content (AvgIpc) is 2.85. The fourth-order valence-corrected chi connectivity index (χ4v) is 4.01. The molecular weight excluding hydrogens is 272 g/mol. The second-order valence-corrected chi connectivity index (χ2v) is 7.70. The Hall–Kier alpha value is -0.860. The van der Waals surface area contributed by atoms with Gasteiger partial charge in [-0.2, -0.15) is 0 Å². The molecule has 1 heterocycles. The van der Waals surface area contributed by atoms with Crippen LogP contribution in [-0.2, 0) is 4.74 Å². The third-order valence-corrected chi connectivity index (χ3v) is 5.38. The van der Waals surface area contributed by atoms with Gasteiger partial charge in [-0.05, 0) is 55.9 Å². The van der Waals surface area contributed by atoms with Crippen molar-refractivity contribution in [1.82, 2.24) is 0 Å². The summed E-state index contributed by atoms with van der Waals surface area (Å²) in [5.41, 5.74) is 4.49. The van der Waals surface area contributed by atoms with Gasteiger partial charge in [0, 0.05) is 6.42 Å². The topological polar surface area (TPSA) is 29.5 Å². The molecule has 22 heavy (non-hydrogen) atoms. The van der Waals surface area contributed by atoms with Gasteiger partial charge in [-0.3, -0.25) is 0 Å². The van der Waals surface area contributed by atoms with E-state index in [9.17, 15) is 0 Å². The summed E-state index contributed by atoms with van der Waals surface area (Å²) < 4.78 is 5.77. The second-order valence-electron chi connectivity index (χ2n) is 7.70. The van der Waals surface area contributed by atoms with Crippen molar-refractivity contribution in [2.75, 3.05) is 13.2 Å². The third-order valence-electron chi connectivity index (χ3n) is 5.38. The largest absolute Gasteiger partial charge is 0.392 e. The highest BCUT2D eigenvalue weighted by Gasteiger charge is 2.33. The maximum absolute atomic E-state index is 8.94. The van der Waals surface area contributed by atoms with Gasteiger partial charge >= 0.3 is 0 Å². The fourth-order valence-electron chi connectivity index (χ4n) is 4.01. The summed E-state index contributed by atoms with van der Waals surface area (Å²) >= 11 is 0. The van der Waals surface area contributed by atoms with E-state index in [2.05, 4.69) is 33.4 Å². The van der Waals surface area contributed by atoms with E-state index < -0.39 is 0 Å². The molecule has 0 amide bonds. The van der Waals surface area contributed by atoms with Gasteiger partial charge in [0.25, 0.3) is 0 Å². The molecule has 0 spiro atoms. The van der Waals surface area contributed by atoms with E-state index in [-0.39, 0.29) is 12.7 Å². The fraction of sp³-hybridized carbons (Fsp3) is 0.700. The van der Waals surface area contributed by atoms with Crippen molar-refractivity contribution in [2.45, 2.75) is 65.4 Å². The summed E-state index contributed by atoms with van der Waals surface area (Å²) in [6, 6.07) is 0. The predicted molar refractivity (Wildman–Crippen MR) is 92.8 cm³/mol. The van der Waals surface area contributed by atoms with Crippen molar-refractivity contribution in [3.05, 3.63) is 35.5 Å². The highest BCUT2D eigenvalue weighted by molar-refractivity contribution is 5.16. The molecule has 2 fully saturated rings.